The molecule has 3 aromatic carbocycles. The zero-order valence-electron chi connectivity index (χ0n) is 22.9. The SMILES string of the molecule is CCCCC#Cc1cc(C#CCCCC)cc(-c2c(-c3nc4cc(C(=O)OC)ccc4o3)cccc2[N+](=O)[O-])c1. The number of aromatic nitrogens is 1. The summed E-state index contributed by atoms with van der Waals surface area (Å²) in [6, 6.07) is 15.2. The van der Waals surface area contributed by atoms with E-state index in [0.29, 0.717) is 33.4 Å². The van der Waals surface area contributed by atoms with Gasteiger partial charge in [-0.25, -0.2) is 9.78 Å². The first-order chi connectivity index (χ1) is 19.4. The molecule has 0 atom stereocenters. The Morgan fingerprint density at radius 1 is 0.975 bits per heavy atom. The number of fused-ring (bicyclic) bond motifs is 1. The van der Waals surface area contributed by atoms with E-state index < -0.39 is 10.9 Å². The molecule has 0 spiro atoms. The second-order valence-corrected chi connectivity index (χ2v) is 9.26. The van der Waals surface area contributed by atoms with Crippen LogP contribution in [0.5, 0.6) is 0 Å². The molecular weight excluding hydrogens is 504 g/mol. The number of nitrogens with zero attached hydrogens (tertiary/aromatic N) is 2. The number of methoxy groups -OCH3 is 1. The van der Waals surface area contributed by atoms with Crippen molar-refractivity contribution in [3.05, 3.63) is 81.4 Å². The molecule has 202 valence electrons. The number of nitro benzene ring substituents is 1. The molecule has 40 heavy (non-hydrogen) atoms. The standard InChI is InChI=1S/C33H30N2O5/c1-4-6-8-10-13-23-19-24(14-11-9-7-5-2)21-26(20-23)31-27(15-12-16-29(31)35(37)38)32-34-28-22-25(33(36)39-3)17-18-30(28)40-32/h12,15-22H,4-9H2,1-3H3. The van der Waals surface area contributed by atoms with Gasteiger partial charge in [-0.2, -0.15) is 0 Å². The van der Waals surface area contributed by atoms with Crippen molar-refractivity contribution in [2.75, 3.05) is 7.11 Å². The normalized spacial score (nSPS) is 10.4. The highest BCUT2D eigenvalue weighted by Gasteiger charge is 2.24. The van der Waals surface area contributed by atoms with Gasteiger partial charge in [0.05, 0.1) is 28.7 Å². The third kappa shape index (κ3) is 6.57. The van der Waals surface area contributed by atoms with E-state index in [2.05, 4.69) is 42.5 Å². The van der Waals surface area contributed by atoms with Crippen LogP contribution in [0.2, 0.25) is 0 Å². The predicted octanol–water partition coefficient (Wildman–Crippen LogP) is 7.94. The molecule has 7 nitrogen and oxygen atoms in total. The Hall–Kier alpha value is -4.88. The van der Waals surface area contributed by atoms with Crippen LogP contribution >= 0.6 is 0 Å². The number of nitro groups is 1. The highest BCUT2D eigenvalue weighted by molar-refractivity contribution is 5.94. The van der Waals surface area contributed by atoms with Crippen LogP contribution in [0.25, 0.3) is 33.7 Å². The maximum Gasteiger partial charge on any atom is 0.337 e. The van der Waals surface area contributed by atoms with Crippen LogP contribution in [-0.2, 0) is 4.74 Å². The molecule has 0 aliphatic carbocycles. The molecule has 0 unspecified atom stereocenters. The summed E-state index contributed by atoms with van der Waals surface area (Å²) in [6.45, 7) is 4.23. The Bertz CT molecular complexity index is 1630. The minimum atomic E-state index is -0.494. The van der Waals surface area contributed by atoms with Gasteiger partial charge in [0.2, 0.25) is 5.89 Å². The molecule has 7 heteroatoms. The average molecular weight is 535 g/mol. The molecule has 0 aliphatic rings. The average Bonchev–Trinajstić information content (AvgIpc) is 3.40. The number of carbonyl (C=O) groups is 1. The Kier molecular flexibility index (Phi) is 9.33. The van der Waals surface area contributed by atoms with Gasteiger partial charge in [-0.05, 0) is 60.9 Å². The molecule has 0 radical (unpaired) electrons. The topological polar surface area (TPSA) is 95.5 Å². The highest BCUT2D eigenvalue weighted by Crippen LogP contribution is 2.40. The molecule has 0 N–H and O–H groups in total. The molecule has 1 heterocycles. The smallest absolute Gasteiger partial charge is 0.337 e. The number of hydrogen-bond donors (Lipinski definition) is 0. The van der Waals surface area contributed by atoms with Crippen molar-refractivity contribution in [1.29, 1.82) is 0 Å². The molecule has 0 bridgehead atoms. The van der Waals surface area contributed by atoms with Crippen LogP contribution in [-0.4, -0.2) is 23.0 Å². The minimum absolute atomic E-state index is 0.0870. The van der Waals surface area contributed by atoms with E-state index in [1.165, 1.54) is 13.2 Å². The van der Waals surface area contributed by atoms with Crippen molar-refractivity contribution in [2.45, 2.75) is 52.4 Å². The molecule has 4 rings (SSSR count). The highest BCUT2D eigenvalue weighted by atomic mass is 16.6. The molecule has 0 fully saturated rings. The Morgan fingerprint density at radius 3 is 2.25 bits per heavy atom. The molecular formula is C33H30N2O5. The van der Waals surface area contributed by atoms with Crippen LogP contribution < -0.4 is 0 Å². The van der Waals surface area contributed by atoms with Gasteiger partial charge < -0.3 is 9.15 Å². The van der Waals surface area contributed by atoms with Gasteiger partial charge in [0.25, 0.3) is 5.69 Å². The van der Waals surface area contributed by atoms with E-state index in [-0.39, 0.29) is 11.6 Å². The lowest BCUT2D eigenvalue weighted by Gasteiger charge is -2.10. The van der Waals surface area contributed by atoms with E-state index in [1.54, 1.807) is 30.3 Å². The van der Waals surface area contributed by atoms with Gasteiger partial charge in [0.1, 0.15) is 5.52 Å². The van der Waals surface area contributed by atoms with Gasteiger partial charge in [-0.15, -0.1) is 0 Å². The van der Waals surface area contributed by atoms with Gasteiger partial charge in [0.15, 0.2) is 5.58 Å². The fourth-order valence-electron chi connectivity index (χ4n) is 4.24. The van der Waals surface area contributed by atoms with E-state index >= 15 is 0 Å². The number of ether oxygens (including phenoxy) is 1. The van der Waals surface area contributed by atoms with Gasteiger partial charge >= 0.3 is 5.97 Å². The van der Waals surface area contributed by atoms with E-state index in [9.17, 15) is 14.9 Å². The van der Waals surface area contributed by atoms with E-state index in [4.69, 9.17) is 9.15 Å². The van der Waals surface area contributed by atoms with E-state index in [1.807, 2.05) is 18.2 Å². The number of rotatable bonds is 8. The summed E-state index contributed by atoms with van der Waals surface area (Å²) in [4.78, 5) is 28.4. The summed E-state index contributed by atoms with van der Waals surface area (Å²) in [5.41, 5.74) is 4.00. The molecule has 4 aromatic rings. The predicted molar refractivity (Wildman–Crippen MR) is 156 cm³/mol. The van der Waals surface area contributed by atoms with Crippen LogP contribution in [0.3, 0.4) is 0 Å². The Morgan fingerprint density at radius 2 is 1.65 bits per heavy atom. The van der Waals surface area contributed by atoms with Crippen molar-refractivity contribution in [1.82, 2.24) is 4.98 Å². The van der Waals surface area contributed by atoms with Crippen LogP contribution in [0.1, 0.15) is 73.9 Å². The summed E-state index contributed by atoms with van der Waals surface area (Å²) in [5, 5.41) is 12.2. The summed E-state index contributed by atoms with van der Waals surface area (Å²) >= 11 is 0. The third-order valence-electron chi connectivity index (χ3n) is 6.28. The van der Waals surface area contributed by atoms with Crippen LogP contribution in [0, 0.1) is 33.8 Å². The fourth-order valence-corrected chi connectivity index (χ4v) is 4.24. The monoisotopic (exact) mass is 534 g/mol. The van der Waals surface area contributed by atoms with Gasteiger partial charge in [0, 0.05) is 30.0 Å². The first kappa shape index (κ1) is 28.1. The fraction of sp³-hybridized carbons (Fsp3) is 0.273. The van der Waals surface area contributed by atoms with Crippen molar-refractivity contribution >= 4 is 22.8 Å². The maximum atomic E-state index is 12.2. The second-order valence-electron chi connectivity index (χ2n) is 9.26. The molecule has 1 aromatic heterocycles. The summed E-state index contributed by atoms with van der Waals surface area (Å²) in [6.07, 6.45) is 5.64. The first-order valence-corrected chi connectivity index (χ1v) is 13.3. The maximum absolute atomic E-state index is 12.2. The quantitative estimate of drug-likeness (QED) is 0.0748. The lowest BCUT2D eigenvalue weighted by Crippen LogP contribution is -2.00. The van der Waals surface area contributed by atoms with E-state index in [0.717, 1.165) is 49.7 Å². The number of benzene rings is 3. The number of esters is 1. The zero-order valence-corrected chi connectivity index (χ0v) is 22.9. The van der Waals surface area contributed by atoms with Crippen molar-refractivity contribution in [3.63, 3.8) is 0 Å². The number of unbranched alkanes of at least 4 members (excludes halogenated alkanes) is 4. The van der Waals surface area contributed by atoms with Gasteiger partial charge in [-0.1, -0.05) is 56.4 Å². The van der Waals surface area contributed by atoms with Crippen LogP contribution in [0.4, 0.5) is 5.69 Å². The lowest BCUT2D eigenvalue weighted by molar-refractivity contribution is -0.384. The molecule has 0 saturated heterocycles. The molecule has 0 amide bonds. The first-order valence-electron chi connectivity index (χ1n) is 13.3. The van der Waals surface area contributed by atoms with Crippen molar-refractivity contribution in [2.24, 2.45) is 0 Å². The largest absolute Gasteiger partial charge is 0.465 e. The summed E-state index contributed by atoms with van der Waals surface area (Å²) in [5.74, 6) is 12.5. The minimum Gasteiger partial charge on any atom is -0.465 e. The van der Waals surface area contributed by atoms with Gasteiger partial charge in [-0.3, -0.25) is 10.1 Å². The third-order valence-corrected chi connectivity index (χ3v) is 6.28. The lowest BCUT2D eigenvalue weighted by atomic mass is 9.94. The summed E-state index contributed by atoms with van der Waals surface area (Å²) < 4.78 is 10.8. The summed E-state index contributed by atoms with van der Waals surface area (Å²) in [7, 11) is 1.31. The zero-order chi connectivity index (χ0) is 28.5. The molecule has 0 saturated carbocycles. The molecule has 0 aliphatic heterocycles. The number of hydrogen-bond acceptors (Lipinski definition) is 6. The Labute approximate surface area is 233 Å². The Balaban J connectivity index is 1.90. The van der Waals surface area contributed by atoms with Crippen LogP contribution in [0.15, 0.2) is 59.0 Å². The number of oxazole rings is 1. The second kappa shape index (κ2) is 13.3. The van der Waals surface area contributed by atoms with Crippen molar-refractivity contribution < 1.29 is 18.9 Å². The van der Waals surface area contributed by atoms with Crippen molar-refractivity contribution in [3.8, 4) is 46.3 Å². The number of carbonyl (C=O) groups excluding carboxylic acids is 1.